The van der Waals surface area contributed by atoms with E-state index in [0.717, 1.165) is 34.0 Å². The maximum atomic E-state index is 12.9. The minimum Gasteiger partial charge on any atom is -0.325 e. The Kier molecular flexibility index (Phi) is 6.32. The van der Waals surface area contributed by atoms with Gasteiger partial charge in [-0.1, -0.05) is 38.8 Å². The molecule has 2 N–H and O–H groups in total. The van der Waals surface area contributed by atoms with E-state index in [1.54, 1.807) is 23.5 Å². The molecule has 8 heteroatoms. The molecule has 29 heavy (non-hydrogen) atoms. The molecule has 4 amide bonds. The summed E-state index contributed by atoms with van der Waals surface area (Å²) in [5.74, 6) is -0.717. The Morgan fingerprint density at radius 1 is 1.17 bits per heavy atom. The predicted molar refractivity (Wildman–Crippen MR) is 114 cm³/mol. The summed E-state index contributed by atoms with van der Waals surface area (Å²) in [5.41, 5.74) is 1.58. The summed E-state index contributed by atoms with van der Waals surface area (Å²) < 4.78 is 0. The normalized spacial score (nSPS) is 15.5. The maximum absolute atomic E-state index is 12.9. The number of nitrogens with zero attached hydrogens (tertiary/aromatic N) is 2. The van der Waals surface area contributed by atoms with Crippen LogP contribution in [0.2, 0.25) is 0 Å². The van der Waals surface area contributed by atoms with Crippen molar-refractivity contribution in [2.24, 2.45) is 0 Å². The highest BCUT2D eigenvalue weighted by molar-refractivity contribution is 7.09. The highest BCUT2D eigenvalue weighted by atomic mass is 32.1. The number of aryl methyl sites for hydroxylation is 1. The SMILES string of the molecule is CCCC1(CCC)NC(=O)N(CC(=O)Nc2ccc(-c3csc(C)n3)cc2)C1=O. The number of hydrogen-bond acceptors (Lipinski definition) is 5. The summed E-state index contributed by atoms with van der Waals surface area (Å²) in [6.07, 6.45) is 2.69. The molecule has 0 aliphatic carbocycles. The summed E-state index contributed by atoms with van der Waals surface area (Å²) >= 11 is 1.58. The molecule has 0 saturated carbocycles. The van der Waals surface area contributed by atoms with Gasteiger partial charge in [-0.3, -0.25) is 14.5 Å². The number of nitrogens with one attached hydrogen (secondary N) is 2. The molecule has 1 aliphatic heterocycles. The van der Waals surface area contributed by atoms with Gasteiger partial charge in [0.2, 0.25) is 5.91 Å². The highest BCUT2D eigenvalue weighted by Crippen LogP contribution is 2.28. The van der Waals surface area contributed by atoms with E-state index in [-0.39, 0.29) is 12.5 Å². The van der Waals surface area contributed by atoms with Gasteiger partial charge in [-0.15, -0.1) is 11.3 Å². The topological polar surface area (TPSA) is 91.4 Å². The lowest BCUT2D eigenvalue weighted by atomic mass is 9.88. The van der Waals surface area contributed by atoms with Gasteiger partial charge in [-0.25, -0.2) is 9.78 Å². The number of hydrogen-bond donors (Lipinski definition) is 2. The number of thiazole rings is 1. The molecule has 154 valence electrons. The van der Waals surface area contributed by atoms with E-state index >= 15 is 0 Å². The lowest BCUT2D eigenvalue weighted by Crippen LogP contribution is -2.47. The van der Waals surface area contributed by atoms with E-state index in [0.29, 0.717) is 18.5 Å². The van der Waals surface area contributed by atoms with Gasteiger partial charge in [-0.05, 0) is 31.9 Å². The average Bonchev–Trinajstić information content (AvgIpc) is 3.20. The zero-order chi connectivity index (χ0) is 21.0. The fourth-order valence-electron chi connectivity index (χ4n) is 3.70. The molecule has 7 nitrogen and oxygen atoms in total. The second-order valence-electron chi connectivity index (χ2n) is 7.28. The average molecular weight is 415 g/mol. The highest BCUT2D eigenvalue weighted by Gasteiger charge is 2.50. The quantitative estimate of drug-likeness (QED) is 0.640. The Labute approximate surface area is 174 Å². The van der Waals surface area contributed by atoms with E-state index in [4.69, 9.17) is 0 Å². The number of amides is 4. The van der Waals surface area contributed by atoms with Crippen LogP contribution in [0.3, 0.4) is 0 Å². The Morgan fingerprint density at radius 3 is 2.38 bits per heavy atom. The van der Waals surface area contributed by atoms with Gasteiger partial charge in [0, 0.05) is 16.6 Å². The van der Waals surface area contributed by atoms with E-state index in [2.05, 4.69) is 15.6 Å². The van der Waals surface area contributed by atoms with Gasteiger partial charge in [0.1, 0.15) is 12.1 Å². The maximum Gasteiger partial charge on any atom is 0.325 e. The molecule has 1 saturated heterocycles. The van der Waals surface area contributed by atoms with Gasteiger partial charge in [0.05, 0.1) is 10.7 Å². The van der Waals surface area contributed by atoms with Crippen molar-refractivity contribution in [2.75, 3.05) is 11.9 Å². The molecule has 0 radical (unpaired) electrons. The summed E-state index contributed by atoms with van der Waals surface area (Å²) in [4.78, 5) is 43.1. The standard InChI is InChI=1S/C21H26N4O3S/c1-4-10-21(11-5-2)19(27)25(20(28)24-21)12-18(26)23-16-8-6-15(7-9-16)17-13-29-14(3)22-17/h6-9,13H,4-5,10-12H2,1-3H3,(H,23,26)(H,24,28). The Bertz CT molecular complexity index is 901. The van der Waals surface area contributed by atoms with Gasteiger partial charge < -0.3 is 10.6 Å². The fourth-order valence-corrected chi connectivity index (χ4v) is 4.32. The molecule has 0 atom stereocenters. The van der Waals surface area contributed by atoms with E-state index in [1.165, 1.54) is 0 Å². The Hall–Kier alpha value is -2.74. The van der Waals surface area contributed by atoms with Crippen LogP contribution in [0, 0.1) is 6.92 Å². The third-order valence-corrected chi connectivity index (χ3v) is 5.76. The molecule has 0 spiro atoms. The number of anilines is 1. The molecule has 2 heterocycles. The lowest BCUT2D eigenvalue weighted by Gasteiger charge is -2.25. The van der Waals surface area contributed by atoms with Gasteiger partial charge >= 0.3 is 6.03 Å². The fraction of sp³-hybridized carbons (Fsp3) is 0.429. The summed E-state index contributed by atoms with van der Waals surface area (Å²) in [6, 6.07) is 6.83. The van der Waals surface area contributed by atoms with Crippen molar-refractivity contribution in [3.05, 3.63) is 34.7 Å². The number of carbonyl (C=O) groups excluding carboxylic acids is 3. The zero-order valence-electron chi connectivity index (χ0n) is 16.9. The summed E-state index contributed by atoms with van der Waals surface area (Å²) in [5, 5.41) is 8.55. The summed E-state index contributed by atoms with van der Waals surface area (Å²) in [7, 11) is 0. The molecule has 1 aliphatic rings. The van der Waals surface area contributed by atoms with Crippen molar-refractivity contribution in [1.29, 1.82) is 0 Å². The van der Waals surface area contributed by atoms with E-state index in [9.17, 15) is 14.4 Å². The number of benzene rings is 1. The zero-order valence-corrected chi connectivity index (χ0v) is 17.8. The van der Waals surface area contributed by atoms with Crippen LogP contribution < -0.4 is 10.6 Å². The van der Waals surface area contributed by atoms with Gasteiger partial charge in [-0.2, -0.15) is 0 Å². The first-order chi connectivity index (χ1) is 13.9. The first-order valence-electron chi connectivity index (χ1n) is 9.85. The molecular formula is C21H26N4O3S. The number of carbonyl (C=O) groups is 3. The van der Waals surface area contributed by atoms with Crippen LogP contribution in [0.4, 0.5) is 10.5 Å². The van der Waals surface area contributed by atoms with Crippen molar-refractivity contribution in [3.63, 3.8) is 0 Å². The van der Waals surface area contributed by atoms with Crippen LogP contribution in [0.5, 0.6) is 0 Å². The number of rotatable bonds is 8. The molecule has 0 unspecified atom stereocenters. The van der Waals surface area contributed by atoms with Gasteiger partial charge in [0.25, 0.3) is 5.91 Å². The molecule has 1 aromatic carbocycles. The number of aromatic nitrogens is 1. The number of imide groups is 1. The van der Waals surface area contributed by atoms with Crippen molar-refractivity contribution in [3.8, 4) is 11.3 Å². The molecule has 1 aromatic heterocycles. The van der Waals surface area contributed by atoms with Crippen molar-refractivity contribution < 1.29 is 14.4 Å². The van der Waals surface area contributed by atoms with Crippen molar-refractivity contribution >= 4 is 34.9 Å². The first-order valence-corrected chi connectivity index (χ1v) is 10.7. The van der Waals surface area contributed by atoms with Crippen LogP contribution in [-0.4, -0.2) is 39.8 Å². The second-order valence-corrected chi connectivity index (χ2v) is 8.34. The smallest absolute Gasteiger partial charge is 0.325 e. The van der Waals surface area contributed by atoms with Crippen molar-refractivity contribution in [1.82, 2.24) is 15.2 Å². The van der Waals surface area contributed by atoms with E-state index < -0.39 is 17.5 Å². The van der Waals surface area contributed by atoms with Gasteiger partial charge in [0.15, 0.2) is 0 Å². The second kappa shape index (κ2) is 8.73. The first kappa shape index (κ1) is 21.0. The lowest BCUT2D eigenvalue weighted by molar-refractivity contribution is -0.134. The summed E-state index contributed by atoms with van der Waals surface area (Å²) in [6.45, 7) is 5.60. The van der Waals surface area contributed by atoms with Crippen LogP contribution >= 0.6 is 11.3 Å². The molecule has 2 aromatic rings. The minimum atomic E-state index is -0.881. The van der Waals surface area contributed by atoms with E-state index in [1.807, 2.05) is 38.3 Å². The molecule has 0 bridgehead atoms. The molecule has 1 fully saturated rings. The molecule has 3 rings (SSSR count). The van der Waals surface area contributed by atoms with Crippen LogP contribution in [0.25, 0.3) is 11.3 Å². The van der Waals surface area contributed by atoms with Crippen LogP contribution in [0.1, 0.15) is 44.5 Å². The largest absolute Gasteiger partial charge is 0.325 e. The molecular weight excluding hydrogens is 388 g/mol. The monoisotopic (exact) mass is 414 g/mol. The van der Waals surface area contributed by atoms with Crippen LogP contribution in [0.15, 0.2) is 29.6 Å². The van der Waals surface area contributed by atoms with Crippen LogP contribution in [-0.2, 0) is 9.59 Å². The third-order valence-electron chi connectivity index (χ3n) is 4.98. The number of urea groups is 1. The van der Waals surface area contributed by atoms with Crippen molar-refractivity contribution in [2.45, 2.75) is 52.0 Å². The Morgan fingerprint density at radius 2 is 1.83 bits per heavy atom. The predicted octanol–water partition coefficient (Wildman–Crippen LogP) is 3.95. The third kappa shape index (κ3) is 4.48. The minimum absolute atomic E-state index is 0.299. The Balaban J connectivity index is 1.64.